The Morgan fingerprint density at radius 1 is 0.574 bits per heavy atom. The van der Waals surface area contributed by atoms with E-state index in [0.717, 1.165) is 57.8 Å². The molecule has 348 valence electrons. The fourth-order valence-corrected chi connectivity index (χ4v) is 6.13. The van der Waals surface area contributed by atoms with E-state index in [0.29, 0.717) is 12.8 Å². The Labute approximate surface area is 367 Å². The minimum absolute atomic E-state index is 0.0890. The zero-order valence-electron chi connectivity index (χ0n) is 37.1. The van der Waals surface area contributed by atoms with E-state index in [-0.39, 0.29) is 25.7 Å². The molecule has 61 heavy (non-hydrogen) atoms. The van der Waals surface area contributed by atoms with Crippen molar-refractivity contribution >= 4 is 19.8 Å². The Morgan fingerprint density at radius 3 is 1.66 bits per heavy atom. The third-order valence-corrected chi connectivity index (χ3v) is 9.85. The summed E-state index contributed by atoms with van der Waals surface area (Å²) in [6.07, 6.45) is 44.2. The van der Waals surface area contributed by atoms with Crippen LogP contribution < -0.4 is 0 Å². The van der Waals surface area contributed by atoms with Crippen molar-refractivity contribution in [2.75, 3.05) is 26.4 Å². The Morgan fingerprint density at radius 2 is 1.08 bits per heavy atom. The van der Waals surface area contributed by atoms with Crippen molar-refractivity contribution in [3.8, 4) is 0 Å². The van der Waals surface area contributed by atoms with Crippen LogP contribution in [0, 0.1) is 0 Å². The summed E-state index contributed by atoms with van der Waals surface area (Å²) in [6, 6.07) is 0. The number of phosphoric acid groups is 1. The van der Waals surface area contributed by atoms with Gasteiger partial charge in [-0.2, -0.15) is 0 Å². The van der Waals surface area contributed by atoms with Gasteiger partial charge in [-0.15, -0.1) is 0 Å². The Bertz CT molecular complexity index is 1370. The van der Waals surface area contributed by atoms with Gasteiger partial charge in [0.15, 0.2) is 6.10 Å². The molecule has 0 aliphatic rings. The van der Waals surface area contributed by atoms with E-state index < -0.39 is 70.6 Å². The van der Waals surface area contributed by atoms with E-state index in [9.17, 15) is 34.4 Å². The zero-order chi connectivity index (χ0) is 45.1. The van der Waals surface area contributed by atoms with Gasteiger partial charge in [0.05, 0.1) is 32.0 Å². The molecule has 5 N–H and O–H groups in total. The van der Waals surface area contributed by atoms with E-state index in [1.165, 1.54) is 32.1 Å². The number of hydrogen-bond donors (Lipinski definition) is 5. The molecule has 1 unspecified atom stereocenters. The van der Waals surface area contributed by atoms with Crippen LogP contribution in [0.5, 0.6) is 0 Å². The van der Waals surface area contributed by atoms with E-state index in [1.807, 2.05) is 6.08 Å². The largest absolute Gasteiger partial charge is 0.472 e. The second kappa shape index (κ2) is 42.1. The SMILES string of the molecule is CCCCC/C=C\C/C=C\C/C=C\C/C=C\CCCCCC(=O)OC[C@H](COP(=O)(O)OC[C@@H](O)CO)OC(=O)CCC[C@@H](O)\C=C/C=C/C=C/[C@@H](O)C/C=C\CCCCC. The van der Waals surface area contributed by atoms with Gasteiger partial charge in [-0.1, -0.05) is 143 Å². The Kier molecular flexibility index (Phi) is 39.9. The van der Waals surface area contributed by atoms with Crippen LogP contribution in [0.2, 0.25) is 0 Å². The van der Waals surface area contributed by atoms with Gasteiger partial charge in [-0.05, 0) is 83.5 Å². The molecule has 0 saturated carbocycles. The predicted octanol–water partition coefficient (Wildman–Crippen LogP) is 9.94. The van der Waals surface area contributed by atoms with Crippen molar-refractivity contribution in [1.82, 2.24) is 0 Å². The Balaban J connectivity index is 4.62. The molecule has 5 atom stereocenters. The minimum Gasteiger partial charge on any atom is -0.462 e. The van der Waals surface area contributed by atoms with Crippen molar-refractivity contribution in [2.45, 2.75) is 167 Å². The molecule has 0 aromatic carbocycles. The average Bonchev–Trinajstić information content (AvgIpc) is 3.24. The lowest BCUT2D eigenvalue weighted by atomic mass is 10.1. The van der Waals surface area contributed by atoms with Crippen molar-refractivity contribution < 1.29 is 58.0 Å². The summed E-state index contributed by atoms with van der Waals surface area (Å²) in [5.74, 6) is -1.21. The number of rotatable bonds is 40. The van der Waals surface area contributed by atoms with E-state index in [2.05, 4.69) is 73.1 Å². The maximum atomic E-state index is 12.6. The lowest BCUT2D eigenvalue weighted by Crippen LogP contribution is -2.30. The summed E-state index contributed by atoms with van der Waals surface area (Å²) in [5.41, 5.74) is 0. The van der Waals surface area contributed by atoms with Crippen LogP contribution in [-0.4, -0.2) is 88.1 Å². The van der Waals surface area contributed by atoms with Gasteiger partial charge < -0.3 is 34.8 Å². The van der Waals surface area contributed by atoms with Crippen LogP contribution in [0.1, 0.15) is 142 Å². The topological polar surface area (TPSA) is 189 Å². The summed E-state index contributed by atoms with van der Waals surface area (Å²) < 4.78 is 32.5. The van der Waals surface area contributed by atoms with Crippen molar-refractivity contribution in [3.05, 3.63) is 97.2 Å². The number of hydrogen-bond acceptors (Lipinski definition) is 11. The van der Waals surface area contributed by atoms with Gasteiger partial charge in [0.2, 0.25) is 0 Å². The zero-order valence-corrected chi connectivity index (χ0v) is 38.0. The summed E-state index contributed by atoms with van der Waals surface area (Å²) in [6.45, 7) is 1.95. The molecule has 0 aromatic heterocycles. The number of carbonyl (C=O) groups is 2. The third-order valence-electron chi connectivity index (χ3n) is 8.90. The lowest BCUT2D eigenvalue weighted by Gasteiger charge is -2.20. The molecule has 0 aliphatic carbocycles. The van der Waals surface area contributed by atoms with Crippen molar-refractivity contribution in [2.24, 2.45) is 0 Å². The fourth-order valence-electron chi connectivity index (χ4n) is 5.34. The monoisotopic (exact) mass is 879 g/mol. The maximum absolute atomic E-state index is 12.6. The number of phosphoric ester groups is 1. The highest BCUT2D eigenvalue weighted by molar-refractivity contribution is 7.47. The van der Waals surface area contributed by atoms with Gasteiger partial charge >= 0.3 is 19.8 Å². The second-order valence-electron chi connectivity index (χ2n) is 14.8. The molecule has 12 nitrogen and oxygen atoms in total. The summed E-state index contributed by atoms with van der Waals surface area (Å²) in [7, 11) is -4.70. The van der Waals surface area contributed by atoms with Gasteiger partial charge in [-0.3, -0.25) is 18.6 Å². The first-order valence-electron chi connectivity index (χ1n) is 22.4. The molecule has 0 spiro atoms. The predicted molar refractivity (Wildman–Crippen MR) is 244 cm³/mol. The standard InChI is InChI=1S/C48H79O12P/c1-3-5-7-9-11-12-13-14-15-16-17-18-19-20-21-22-23-25-31-37-47(53)57-41-46(42-59-61(55,56)58-40-45(52)39-49)60-48(54)38-32-36-44(51)35-30-27-26-29-34-43(50)33-28-24-10-8-6-4-2/h11-12,14-15,17-18,20-21,24,26-30,34-35,43-46,49-52H,3-10,13,16,19,22-23,25,31-33,36-42H2,1-2H3,(H,55,56)/b12-11-,15-14-,18-17-,21-20-,27-26+,28-24-,34-29+,35-30-/t43-,44-,45-,46+/m0/s1. The van der Waals surface area contributed by atoms with Crippen LogP contribution in [0.25, 0.3) is 0 Å². The third kappa shape index (κ3) is 41.9. The van der Waals surface area contributed by atoms with E-state index in [1.54, 1.807) is 36.5 Å². The molecule has 0 aromatic rings. The number of aliphatic hydroxyl groups excluding tert-OH is 4. The molecular weight excluding hydrogens is 799 g/mol. The van der Waals surface area contributed by atoms with Gasteiger partial charge in [0, 0.05) is 12.8 Å². The second-order valence-corrected chi connectivity index (χ2v) is 16.2. The van der Waals surface area contributed by atoms with Crippen LogP contribution in [0.4, 0.5) is 0 Å². The fraction of sp³-hybridized carbons (Fsp3) is 0.625. The highest BCUT2D eigenvalue weighted by atomic mass is 31.2. The molecule has 0 aliphatic heterocycles. The highest BCUT2D eigenvalue weighted by Gasteiger charge is 2.27. The number of aliphatic hydroxyl groups is 4. The van der Waals surface area contributed by atoms with Crippen LogP contribution in [-0.2, 0) is 32.7 Å². The first kappa shape index (κ1) is 57.8. The van der Waals surface area contributed by atoms with E-state index >= 15 is 0 Å². The summed E-state index contributed by atoms with van der Waals surface area (Å²) >= 11 is 0. The molecule has 0 rings (SSSR count). The van der Waals surface area contributed by atoms with Crippen LogP contribution >= 0.6 is 7.82 Å². The molecule has 0 heterocycles. The van der Waals surface area contributed by atoms with Crippen LogP contribution in [0.3, 0.4) is 0 Å². The minimum atomic E-state index is -4.70. The van der Waals surface area contributed by atoms with E-state index in [4.69, 9.17) is 19.1 Å². The number of carbonyl (C=O) groups excluding carboxylic acids is 2. The molecule has 0 radical (unpaired) electrons. The normalized spacial score (nSPS) is 15.7. The Hall–Kier alpha value is -3.19. The van der Waals surface area contributed by atoms with Crippen molar-refractivity contribution in [1.29, 1.82) is 0 Å². The van der Waals surface area contributed by atoms with Crippen LogP contribution in [0.15, 0.2) is 97.2 Å². The smallest absolute Gasteiger partial charge is 0.462 e. The molecule has 13 heteroatoms. The quantitative estimate of drug-likeness (QED) is 0.0129. The number of unbranched alkanes of at least 4 members (excludes halogenated alkanes) is 9. The first-order valence-corrected chi connectivity index (χ1v) is 23.9. The molecular formula is C48H79O12P. The number of allylic oxidation sites excluding steroid dienone is 13. The van der Waals surface area contributed by atoms with Gasteiger partial charge in [0.1, 0.15) is 12.7 Å². The van der Waals surface area contributed by atoms with Gasteiger partial charge in [-0.25, -0.2) is 4.57 Å². The highest BCUT2D eigenvalue weighted by Crippen LogP contribution is 2.43. The molecule has 0 saturated heterocycles. The summed E-state index contributed by atoms with van der Waals surface area (Å²) in [4.78, 5) is 35.0. The number of esters is 2. The molecule has 0 fully saturated rings. The number of ether oxygens (including phenoxy) is 2. The average molecular weight is 879 g/mol. The first-order chi connectivity index (χ1) is 29.5. The molecule has 0 amide bonds. The summed E-state index contributed by atoms with van der Waals surface area (Å²) in [5, 5.41) is 38.7. The molecule has 0 bridgehead atoms. The maximum Gasteiger partial charge on any atom is 0.472 e. The van der Waals surface area contributed by atoms with Gasteiger partial charge in [0.25, 0.3) is 0 Å². The van der Waals surface area contributed by atoms with Crippen molar-refractivity contribution in [3.63, 3.8) is 0 Å². The lowest BCUT2D eigenvalue weighted by molar-refractivity contribution is -0.161.